The van der Waals surface area contributed by atoms with Gasteiger partial charge in [0, 0.05) is 12.6 Å². The summed E-state index contributed by atoms with van der Waals surface area (Å²) in [5.74, 6) is -0.0129. The Balaban J connectivity index is 1.33. The fourth-order valence-electron chi connectivity index (χ4n) is 7.31. The number of hydrogen-bond donors (Lipinski definition) is 2. The quantitative estimate of drug-likeness (QED) is 0.355. The van der Waals surface area contributed by atoms with E-state index in [0.29, 0.717) is 11.5 Å². The minimum absolute atomic E-state index is 0.0648. The third-order valence-electron chi connectivity index (χ3n) is 10.2. The van der Waals surface area contributed by atoms with Gasteiger partial charge in [0.25, 0.3) is 0 Å². The lowest BCUT2D eigenvalue weighted by molar-refractivity contribution is -0.127. The lowest BCUT2D eigenvalue weighted by Gasteiger charge is -2.37. The van der Waals surface area contributed by atoms with Gasteiger partial charge < -0.3 is 5.32 Å². The second-order valence-corrected chi connectivity index (χ2v) is 16.7. The number of sulfonamides is 1. The Morgan fingerprint density at radius 3 is 2.39 bits per heavy atom. The van der Waals surface area contributed by atoms with Crippen molar-refractivity contribution in [3.05, 3.63) is 58.9 Å². The minimum atomic E-state index is -3.72. The van der Waals surface area contributed by atoms with Crippen molar-refractivity contribution >= 4 is 21.8 Å². The summed E-state index contributed by atoms with van der Waals surface area (Å²) >= 11 is 0. The SMILES string of the molecule is CN1CC(C)(C)C[C@H]1C(=O)NC1CC(CCc2ccc(C(C)(C)C(=O)NS(C)(=O)=O)cc2-c2cccc(F)c2C2CCC2)C1. The van der Waals surface area contributed by atoms with Gasteiger partial charge in [-0.3, -0.25) is 19.2 Å². The number of carbonyl (C=O) groups is 2. The van der Waals surface area contributed by atoms with E-state index >= 15 is 4.39 Å². The monoisotopic (exact) mass is 625 g/mol. The Morgan fingerprint density at radius 2 is 1.80 bits per heavy atom. The molecule has 0 bridgehead atoms. The van der Waals surface area contributed by atoms with Crippen LogP contribution in [0.3, 0.4) is 0 Å². The number of halogens is 1. The van der Waals surface area contributed by atoms with E-state index in [1.54, 1.807) is 19.9 Å². The molecule has 240 valence electrons. The lowest BCUT2D eigenvalue weighted by atomic mass is 9.74. The molecule has 1 aliphatic heterocycles. The lowest BCUT2D eigenvalue weighted by Crippen LogP contribution is -2.50. The number of likely N-dealkylation sites (N-methyl/N-ethyl adjacent to an activating group) is 1. The summed E-state index contributed by atoms with van der Waals surface area (Å²) in [6.07, 6.45) is 8.47. The summed E-state index contributed by atoms with van der Waals surface area (Å²) in [5, 5.41) is 3.28. The molecule has 0 unspecified atom stereocenters. The van der Waals surface area contributed by atoms with Crippen molar-refractivity contribution in [3.8, 4) is 11.1 Å². The second-order valence-electron chi connectivity index (χ2n) is 14.9. The molecule has 9 heteroatoms. The van der Waals surface area contributed by atoms with Crippen LogP contribution in [-0.4, -0.2) is 57.1 Å². The molecule has 0 spiro atoms. The van der Waals surface area contributed by atoms with Crippen molar-refractivity contribution in [2.75, 3.05) is 19.8 Å². The Hall–Kier alpha value is -2.78. The van der Waals surface area contributed by atoms with Gasteiger partial charge in [-0.2, -0.15) is 0 Å². The van der Waals surface area contributed by atoms with Crippen molar-refractivity contribution in [2.45, 2.75) is 102 Å². The number of hydrogen-bond acceptors (Lipinski definition) is 5. The van der Waals surface area contributed by atoms with Crippen molar-refractivity contribution in [2.24, 2.45) is 11.3 Å². The van der Waals surface area contributed by atoms with E-state index in [4.69, 9.17) is 0 Å². The zero-order chi connectivity index (χ0) is 32.0. The number of rotatable bonds is 10. The summed E-state index contributed by atoms with van der Waals surface area (Å²) in [5.41, 5.74) is 3.28. The highest BCUT2D eigenvalue weighted by Gasteiger charge is 2.41. The highest BCUT2D eigenvalue weighted by Crippen LogP contribution is 2.44. The van der Waals surface area contributed by atoms with E-state index in [1.807, 2.05) is 31.3 Å². The first-order valence-electron chi connectivity index (χ1n) is 16.0. The molecule has 44 heavy (non-hydrogen) atoms. The van der Waals surface area contributed by atoms with Gasteiger partial charge in [-0.1, -0.05) is 44.5 Å². The largest absolute Gasteiger partial charge is 0.352 e. The minimum Gasteiger partial charge on any atom is -0.352 e. The fourth-order valence-corrected chi connectivity index (χ4v) is 7.90. The topological polar surface area (TPSA) is 95.6 Å². The third-order valence-corrected chi connectivity index (χ3v) is 10.8. The van der Waals surface area contributed by atoms with Crippen molar-refractivity contribution in [1.82, 2.24) is 14.9 Å². The zero-order valence-corrected chi connectivity index (χ0v) is 27.8. The number of aryl methyl sites for hydroxylation is 1. The fraction of sp³-hybridized carbons (Fsp3) is 0.600. The standard InChI is InChI=1S/C35H48FN3O4S/c1-34(2)20-30(39(5)21-34)32(40)37-26-17-22(18-26)13-14-23-15-16-25(35(3,4)33(41)38-44(6,42)43)19-28(23)27-11-8-12-29(36)31(27)24-9-7-10-24/h8,11-12,15-16,19,22,24,26,30H,7,9-10,13-14,17-18,20-21H2,1-6H3,(H,37,40)(H,38,41)/t22?,26?,30-/m0/s1. The first-order valence-corrected chi connectivity index (χ1v) is 17.9. The van der Waals surface area contributed by atoms with E-state index in [-0.39, 0.29) is 35.1 Å². The maximum atomic E-state index is 15.3. The molecule has 2 aliphatic carbocycles. The van der Waals surface area contributed by atoms with Crippen LogP contribution < -0.4 is 10.0 Å². The van der Waals surface area contributed by atoms with Crippen LogP contribution in [0.15, 0.2) is 36.4 Å². The second kappa shape index (κ2) is 12.2. The molecule has 0 aromatic heterocycles. The number of carbonyl (C=O) groups excluding carboxylic acids is 2. The van der Waals surface area contributed by atoms with Gasteiger partial charge in [-0.05, 0) is 123 Å². The number of nitrogens with zero attached hydrogens (tertiary/aromatic N) is 1. The first kappa shape index (κ1) is 32.6. The van der Waals surface area contributed by atoms with Gasteiger partial charge in [0.1, 0.15) is 5.82 Å². The molecule has 7 nitrogen and oxygen atoms in total. The van der Waals surface area contributed by atoms with Crippen LogP contribution in [0.1, 0.15) is 95.2 Å². The van der Waals surface area contributed by atoms with Crippen LogP contribution in [0, 0.1) is 17.2 Å². The van der Waals surface area contributed by atoms with Gasteiger partial charge in [-0.15, -0.1) is 0 Å². The molecule has 2 amide bonds. The predicted molar refractivity (Wildman–Crippen MR) is 172 cm³/mol. The zero-order valence-electron chi connectivity index (χ0n) is 27.0. The normalized spacial score (nSPS) is 23.9. The molecule has 1 atom stereocenters. The van der Waals surface area contributed by atoms with E-state index in [9.17, 15) is 18.0 Å². The molecule has 3 aliphatic rings. The molecular formula is C35H48FN3O4S. The molecular weight excluding hydrogens is 577 g/mol. The van der Waals surface area contributed by atoms with E-state index in [1.165, 1.54) is 6.07 Å². The van der Waals surface area contributed by atoms with Gasteiger partial charge in [0.15, 0.2) is 0 Å². The van der Waals surface area contributed by atoms with Crippen LogP contribution in [0.2, 0.25) is 0 Å². The number of nitrogens with one attached hydrogen (secondary N) is 2. The molecule has 3 fully saturated rings. The molecule has 2 saturated carbocycles. The molecule has 1 heterocycles. The van der Waals surface area contributed by atoms with Crippen molar-refractivity contribution in [3.63, 3.8) is 0 Å². The smallest absolute Gasteiger partial charge is 0.243 e. The number of amides is 2. The van der Waals surface area contributed by atoms with Crippen LogP contribution in [0.25, 0.3) is 11.1 Å². The maximum Gasteiger partial charge on any atom is 0.243 e. The van der Waals surface area contributed by atoms with Gasteiger partial charge in [-0.25, -0.2) is 12.8 Å². The van der Waals surface area contributed by atoms with Gasteiger partial charge in [0.05, 0.1) is 17.7 Å². The average molecular weight is 626 g/mol. The maximum absolute atomic E-state index is 15.3. The average Bonchev–Trinajstić information content (AvgIpc) is 3.16. The highest BCUT2D eigenvalue weighted by molar-refractivity contribution is 7.89. The Bertz CT molecular complexity index is 1530. The first-order chi connectivity index (χ1) is 20.5. The molecule has 0 radical (unpaired) electrons. The molecule has 2 aromatic rings. The van der Waals surface area contributed by atoms with Crippen LogP contribution in [0.4, 0.5) is 4.39 Å². The summed E-state index contributed by atoms with van der Waals surface area (Å²) in [4.78, 5) is 28.1. The van der Waals surface area contributed by atoms with Crippen LogP contribution in [-0.2, 0) is 31.4 Å². The van der Waals surface area contributed by atoms with Crippen LogP contribution >= 0.6 is 0 Å². The highest BCUT2D eigenvalue weighted by atomic mass is 32.2. The van der Waals surface area contributed by atoms with Crippen molar-refractivity contribution in [1.29, 1.82) is 0 Å². The van der Waals surface area contributed by atoms with E-state index < -0.39 is 21.3 Å². The molecule has 2 aromatic carbocycles. The predicted octanol–water partition coefficient (Wildman–Crippen LogP) is 5.67. The number of likely N-dealkylation sites (tertiary alicyclic amines) is 1. The Kier molecular flexibility index (Phi) is 9.04. The van der Waals surface area contributed by atoms with Gasteiger partial charge in [0.2, 0.25) is 21.8 Å². The molecule has 5 rings (SSSR count). The van der Waals surface area contributed by atoms with Gasteiger partial charge >= 0.3 is 0 Å². The summed E-state index contributed by atoms with van der Waals surface area (Å²) in [6.45, 7) is 8.76. The summed E-state index contributed by atoms with van der Waals surface area (Å²) in [7, 11) is -1.69. The van der Waals surface area contributed by atoms with Crippen LogP contribution in [0.5, 0.6) is 0 Å². The van der Waals surface area contributed by atoms with E-state index in [0.717, 1.165) is 86.4 Å². The summed E-state index contributed by atoms with van der Waals surface area (Å²) < 4.78 is 41.1. The Morgan fingerprint density at radius 1 is 1.09 bits per heavy atom. The van der Waals surface area contributed by atoms with E-state index in [2.05, 4.69) is 28.8 Å². The summed E-state index contributed by atoms with van der Waals surface area (Å²) in [6, 6.07) is 11.2. The number of benzene rings is 2. The molecule has 1 saturated heterocycles. The van der Waals surface area contributed by atoms with Crippen molar-refractivity contribution < 1.29 is 22.4 Å². The third kappa shape index (κ3) is 7.04. The molecule has 2 N–H and O–H groups in total. The Labute approximate surface area is 262 Å².